The van der Waals surface area contributed by atoms with E-state index in [9.17, 15) is 19.5 Å². The second-order valence-corrected chi connectivity index (χ2v) is 13.1. The van der Waals surface area contributed by atoms with Crippen molar-refractivity contribution in [2.45, 2.75) is 24.4 Å². The average Bonchev–Trinajstić information content (AvgIpc) is 3.53. The number of para-hydroxylation sites is 1. The number of phenols is 1. The summed E-state index contributed by atoms with van der Waals surface area (Å²) in [4.78, 5) is 59.2. The number of benzene rings is 4. The molecule has 0 radical (unpaired) electrons. The minimum Gasteiger partial charge on any atom is -0.504 e. The van der Waals surface area contributed by atoms with Gasteiger partial charge in [0.1, 0.15) is 0 Å². The average molecular weight is 687 g/mol. The first kappa shape index (κ1) is 31.4. The number of rotatable bonds is 6. The Bertz CT molecular complexity index is 2360. The number of fused-ring (bicyclic) bond motifs is 4. The van der Waals surface area contributed by atoms with Crippen LogP contribution >= 0.6 is 11.6 Å². The monoisotopic (exact) mass is 686 g/mol. The van der Waals surface area contributed by atoms with Gasteiger partial charge in [-0.3, -0.25) is 9.59 Å². The summed E-state index contributed by atoms with van der Waals surface area (Å²) in [5.74, 6) is -2.22. The van der Waals surface area contributed by atoms with Crippen LogP contribution < -0.4 is 21.0 Å². The van der Waals surface area contributed by atoms with Crippen molar-refractivity contribution in [3.05, 3.63) is 158 Å². The van der Waals surface area contributed by atoms with Crippen molar-refractivity contribution in [2.24, 2.45) is 11.8 Å². The quantitative estimate of drug-likeness (QED) is 0.186. The number of carbonyl (C=O) groups excluding carboxylic acids is 2. The number of anilines is 1. The third-order valence-electron chi connectivity index (χ3n) is 10.2. The lowest BCUT2D eigenvalue weighted by molar-refractivity contribution is -0.124. The molecule has 4 atom stereocenters. The van der Waals surface area contributed by atoms with E-state index in [0.717, 1.165) is 10.1 Å². The molecule has 1 aromatic heterocycles. The highest BCUT2D eigenvalue weighted by atomic mass is 35.5. The van der Waals surface area contributed by atoms with Gasteiger partial charge in [0.05, 0.1) is 42.4 Å². The first-order chi connectivity index (χ1) is 24.2. The van der Waals surface area contributed by atoms with Crippen molar-refractivity contribution in [3.63, 3.8) is 0 Å². The molecule has 1 saturated heterocycles. The summed E-state index contributed by atoms with van der Waals surface area (Å²) in [7, 11) is 1.46. The second-order valence-electron chi connectivity index (χ2n) is 12.6. The molecule has 10 nitrogen and oxygen atoms in total. The molecule has 2 amide bonds. The number of carbonyl (C=O) groups is 2. The number of halogens is 1. The van der Waals surface area contributed by atoms with Gasteiger partial charge in [-0.15, -0.1) is 0 Å². The zero-order valence-corrected chi connectivity index (χ0v) is 27.6. The number of allylic oxidation sites excluding steroid dienone is 3. The van der Waals surface area contributed by atoms with E-state index in [-0.39, 0.29) is 24.5 Å². The first-order valence-corrected chi connectivity index (χ1v) is 16.6. The lowest BCUT2D eigenvalue weighted by Crippen LogP contribution is -2.53. The standard InChI is InChI=1S/C39H31ClN4O6/c1-50-34-21-24(16-18-33(34)45)15-17-30-29-19-20-41-37(48)43(27-12-6-3-7-13-27)38(49)44(41)32(29)23-31-35(46)42(28-14-8-11-26(40)22-28)36(47)39(30,31)25-9-4-2-5-10-25/h2-19,21-22,30-32,45H,20,23H2,1H3/t30-,31-,32+,39-/m0/s1. The molecule has 250 valence electrons. The third kappa shape index (κ3) is 4.55. The molecule has 0 spiro atoms. The van der Waals surface area contributed by atoms with E-state index >= 15 is 4.79 Å². The van der Waals surface area contributed by atoms with Gasteiger partial charge in [-0.05, 0) is 65.6 Å². The SMILES string of the molecule is COc1cc(C=C[C@H]2C3=CCn4c(=O)n(-c5ccccc5)c(=O)n4[C@@H]3C[C@H]3C(=O)N(c4cccc(Cl)c4)C(=O)[C@@]23c2ccccc2)ccc1O. The van der Waals surface area contributed by atoms with Crippen LogP contribution in [-0.2, 0) is 21.5 Å². The summed E-state index contributed by atoms with van der Waals surface area (Å²) in [5, 5.41) is 10.6. The zero-order chi connectivity index (χ0) is 34.7. The Balaban J connectivity index is 1.37. The molecule has 0 bridgehead atoms. The van der Waals surface area contributed by atoms with Crippen molar-refractivity contribution >= 4 is 35.2 Å². The Hall–Kier alpha value is -5.87. The maximum absolute atomic E-state index is 15.2. The van der Waals surface area contributed by atoms with Crippen molar-refractivity contribution in [2.75, 3.05) is 12.0 Å². The topological polar surface area (TPSA) is 116 Å². The predicted octanol–water partition coefficient (Wildman–Crippen LogP) is 5.51. The molecule has 50 heavy (non-hydrogen) atoms. The lowest BCUT2D eigenvalue weighted by Gasteiger charge is -2.48. The Kier molecular flexibility index (Phi) is 7.49. The number of aromatic nitrogens is 3. The number of aromatic hydroxyl groups is 1. The highest BCUT2D eigenvalue weighted by Gasteiger charge is 2.67. The van der Waals surface area contributed by atoms with E-state index in [2.05, 4.69) is 0 Å². The summed E-state index contributed by atoms with van der Waals surface area (Å²) in [6.45, 7) is 0.0901. The molecule has 2 aliphatic heterocycles. The van der Waals surface area contributed by atoms with Gasteiger partial charge in [0.2, 0.25) is 11.8 Å². The van der Waals surface area contributed by atoms with E-state index < -0.39 is 46.5 Å². The lowest BCUT2D eigenvalue weighted by atomic mass is 9.54. The van der Waals surface area contributed by atoms with E-state index in [1.165, 1.54) is 27.4 Å². The van der Waals surface area contributed by atoms with Crippen molar-refractivity contribution in [1.29, 1.82) is 0 Å². The summed E-state index contributed by atoms with van der Waals surface area (Å²) in [5.41, 5.74) is 0.442. The van der Waals surface area contributed by atoms with Gasteiger partial charge in [0.15, 0.2) is 11.5 Å². The summed E-state index contributed by atoms with van der Waals surface area (Å²) in [6, 6.07) is 28.8. The number of ether oxygens (including phenoxy) is 1. The van der Waals surface area contributed by atoms with Crippen molar-refractivity contribution in [1.82, 2.24) is 13.9 Å². The van der Waals surface area contributed by atoms with Gasteiger partial charge in [0.25, 0.3) is 0 Å². The van der Waals surface area contributed by atoms with Crippen LogP contribution in [0.2, 0.25) is 5.02 Å². The minimum atomic E-state index is -1.41. The molecular formula is C39H31ClN4O6. The fraction of sp³-hybridized carbons (Fsp3) is 0.179. The fourth-order valence-corrected chi connectivity index (χ4v) is 8.24. The molecular weight excluding hydrogens is 656 g/mol. The number of nitrogens with zero attached hydrogens (tertiary/aromatic N) is 4. The summed E-state index contributed by atoms with van der Waals surface area (Å²) < 4.78 is 9.34. The zero-order valence-electron chi connectivity index (χ0n) is 26.8. The Morgan fingerprint density at radius 1 is 0.860 bits per heavy atom. The Morgan fingerprint density at radius 3 is 2.30 bits per heavy atom. The number of methoxy groups -OCH3 is 1. The van der Waals surface area contributed by atoms with Crippen LogP contribution in [0.3, 0.4) is 0 Å². The van der Waals surface area contributed by atoms with E-state index in [1.807, 2.05) is 48.6 Å². The molecule has 1 N–H and O–H groups in total. The Morgan fingerprint density at radius 2 is 1.58 bits per heavy atom. The van der Waals surface area contributed by atoms with Crippen LogP contribution in [0.4, 0.5) is 5.69 Å². The maximum Gasteiger partial charge on any atom is 0.352 e. The normalized spacial score (nSPS) is 22.6. The van der Waals surface area contributed by atoms with Gasteiger partial charge in [0, 0.05) is 10.9 Å². The van der Waals surface area contributed by atoms with Gasteiger partial charge in [-0.2, -0.15) is 0 Å². The molecule has 11 heteroatoms. The van der Waals surface area contributed by atoms with Crippen LogP contribution in [0, 0.1) is 11.8 Å². The van der Waals surface area contributed by atoms with E-state index in [1.54, 1.807) is 66.7 Å². The first-order valence-electron chi connectivity index (χ1n) is 16.2. The van der Waals surface area contributed by atoms with Gasteiger partial charge in [-0.25, -0.2) is 28.4 Å². The predicted molar refractivity (Wildman–Crippen MR) is 189 cm³/mol. The van der Waals surface area contributed by atoms with Crippen LogP contribution in [0.1, 0.15) is 23.6 Å². The highest BCUT2D eigenvalue weighted by molar-refractivity contribution is 6.32. The second kappa shape index (κ2) is 11.9. The number of imide groups is 1. The molecule has 4 aromatic carbocycles. The summed E-state index contributed by atoms with van der Waals surface area (Å²) in [6.07, 6.45) is 5.73. The van der Waals surface area contributed by atoms with Crippen molar-refractivity contribution < 1.29 is 19.4 Å². The molecule has 1 aliphatic carbocycles. The molecule has 0 unspecified atom stereocenters. The van der Waals surface area contributed by atoms with Crippen LogP contribution in [0.15, 0.2) is 130 Å². The molecule has 3 heterocycles. The molecule has 1 saturated carbocycles. The fourth-order valence-electron chi connectivity index (χ4n) is 8.05. The number of phenolic OH excluding ortho intramolecular Hbond substituents is 1. The number of amides is 2. The molecule has 3 aliphatic rings. The molecule has 8 rings (SSSR count). The molecule has 2 fully saturated rings. The van der Waals surface area contributed by atoms with Gasteiger partial charge >= 0.3 is 11.4 Å². The minimum absolute atomic E-state index is 0.0211. The van der Waals surface area contributed by atoms with Crippen molar-refractivity contribution in [3.8, 4) is 17.2 Å². The molecule has 5 aromatic rings. The third-order valence-corrected chi connectivity index (χ3v) is 10.4. The largest absolute Gasteiger partial charge is 0.504 e. The Labute approximate surface area is 291 Å². The van der Waals surface area contributed by atoms with Crippen LogP contribution in [-0.4, -0.2) is 38.0 Å². The maximum atomic E-state index is 15.2. The number of hydrogen-bond acceptors (Lipinski definition) is 6. The highest BCUT2D eigenvalue weighted by Crippen LogP contribution is 2.59. The van der Waals surface area contributed by atoms with Gasteiger partial charge < -0.3 is 9.84 Å². The summed E-state index contributed by atoms with van der Waals surface area (Å²) >= 11 is 6.38. The van der Waals surface area contributed by atoms with Gasteiger partial charge in [-0.1, -0.05) is 90.5 Å². The van der Waals surface area contributed by atoms with Crippen LogP contribution in [0.25, 0.3) is 11.8 Å². The van der Waals surface area contributed by atoms with Crippen LogP contribution in [0.5, 0.6) is 11.5 Å². The van der Waals surface area contributed by atoms with E-state index in [0.29, 0.717) is 27.5 Å². The van der Waals surface area contributed by atoms with E-state index in [4.69, 9.17) is 16.3 Å². The smallest absolute Gasteiger partial charge is 0.352 e. The number of hydrogen-bond donors (Lipinski definition) is 1.